The highest BCUT2D eigenvalue weighted by Crippen LogP contribution is 2.29. The van der Waals surface area contributed by atoms with Gasteiger partial charge in [0, 0.05) is 19.0 Å². The number of nitrogens with two attached hydrogens (primary N) is 2. The van der Waals surface area contributed by atoms with Crippen molar-refractivity contribution in [3.05, 3.63) is 16.2 Å². The summed E-state index contributed by atoms with van der Waals surface area (Å²) in [5.74, 6) is 0.586. The third-order valence-corrected chi connectivity index (χ3v) is 3.49. The van der Waals surface area contributed by atoms with Gasteiger partial charge in [0.15, 0.2) is 0 Å². The Hall–Kier alpha value is -1.65. The van der Waals surface area contributed by atoms with Gasteiger partial charge >= 0.3 is 0 Å². The zero-order valence-corrected chi connectivity index (χ0v) is 11.1. The van der Waals surface area contributed by atoms with E-state index < -0.39 is 0 Å². The molecule has 18 heavy (non-hydrogen) atoms. The highest BCUT2D eigenvalue weighted by molar-refractivity contribution is 9.10. The van der Waals surface area contributed by atoms with E-state index in [4.69, 9.17) is 16.7 Å². The lowest BCUT2D eigenvalue weighted by Crippen LogP contribution is -2.27. The maximum Gasteiger partial charge on any atom is 0.228 e. The topological polar surface area (TPSA) is 109 Å². The fourth-order valence-corrected chi connectivity index (χ4v) is 2.43. The molecule has 1 saturated heterocycles. The Morgan fingerprint density at radius 3 is 2.89 bits per heavy atom. The molecule has 0 saturated carbocycles. The van der Waals surface area contributed by atoms with E-state index in [1.165, 1.54) is 0 Å². The predicted octanol–water partition coefficient (Wildman–Crippen LogP) is 0.610. The number of amides is 1. The lowest BCUT2D eigenvalue weighted by atomic mass is 10.1. The second-order valence-electron chi connectivity index (χ2n) is 4.16. The molecule has 1 aromatic heterocycles. The van der Waals surface area contributed by atoms with Crippen LogP contribution in [0.15, 0.2) is 10.7 Å². The van der Waals surface area contributed by atoms with E-state index in [2.05, 4.69) is 20.9 Å². The maximum atomic E-state index is 11.8. The monoisotopic (exact) mass is 309 g/mol. The number of pyridine rings is 1. The van der Waals surface area contributed by atoms with Crippen LogP contribution in [0.5, 0.6) is 0 Å². The van der Waals surface area contributed by atoms with Gasteiger partial charge in [0.05, 0.1) is 5.69 Å². The molecular weight excluding hydrogens is 298 g/mol. The van der Waals surface area contributed by atoms with Crippen molar-refractivity contribution in [2.45, 2.75) is 6.42 Å². The number of rotatable bonds is 2. The standard InChI is InChI=1S/C11H12BrN5O/c12-11-7(4-14)8(15)2-9(16-11)17-5-6(3-13)1-10(17)18/h2,6H,1,3,5,13H2,(H2,15,16). The molecule has 1 aliphatic rings. The lowest BCUT2D eigenvalue weighted by molar-refractivity contribution is -0.117. The fourth-order valence-electron chi connectivity index (χ4n) is 1.93. The molecule has 6 nitrogen and oxygen atoms in total. The first kappa shape index (κ1) is 12.8. The van der Waals surface area contributed by atoms with Crippen LogP contribution in [-0.2, 0) is 4.79 Å². The van der Waals surface area contributed by atoms with Gasteiger partial charge in [-0.1, -0.05) is 0 Å². The Morgan fingerprint density at radius 1 is 1.67 bits per heavy atom. The molecule has 2 heterocycles. The lowest BCUT2D eigenvalue weighted by Gasteiger charge is -2.16. The molecule has 1 fully saturated rings. The Balaban J connectivity index is 2.36. The van der Waals surface area contributed by atoms with Crippen LogP contribution < -0.4 is 16.4 Å². The molecule has 0 aromatic carbocycles. The summed E-state index contributed by atoms with van der Waals surface area (Å²) in [5.41, 5.74) is 11.9. The summed E-state index contributed by atoms with van der Waals surface area (Å²) < 4.78 is 0.351. The number of hydrogen-bond donors (Lipinski definition) is 2. The van der Waals surface area contributed by atoms with E-state index in [1.54, 1.807) is 11.0 Å². The molecule has 0 radical (unpaired) electrons. The van der Waals surface area contributed by atoms with Gasteiger partial charge in [-0.2, -0.15) is 5.26 Å². The van der Waals surface area contributed by atoms with Crippen molar-refractivity contribution in [2.24, 2.45) is 11.7 Å². The van der Waals surface area contributed by atoms with Crippen molar-refractivity contribution in [1.82, 2.24) is 4.98 Å². The van der Waals surface area contributed by atoms with Crippen molar-refractivity contribution in [3.63, 3.8) is 0 Å². The number of halogens is 1. The first-order chi connectivity index (χ1) is 8.56. The number of nitrogens with zero attached hydrogens (tertiary/aromatic N) is 3. The Bertz CT molecular complexity index is 516. The van der Waals surface area contributed by atoms with Gasteiger partial charge in [0.2, 0.25) is 5.91 Å². The van der Waals surface area contributed by atoms with Crippen molar-refractivity contribution < 1.29 is 4.79 Å². The van der Waals surface area contributed by atoms with Gasteiger partial charge in [-0.3, -0.25) is 9.69 Å². The number of hydrogen-bond acceptors (Lipinski definition) is 5. The van der Waals surface area contributed by atoms with Crippen molar-refractivity contribution in [3.8, 4) is 6.07 Å². The summed E-state index contributed by atoms with van der Waals surface area (Å²) in [6.45, 7) is 1.01. The number of nitriles is 1. The number of anilines is 2. The molecule has 0 aliphatic carbocycles. The minimum atomic E-state index is -0.0195. The maximum absolute atomic E-state index is 11.8. The van der Waals surface area contributed by atoms with Crippen molar-refractivity contribution in [2.75, 3.05) is 23.7 Å². The van der Waals surface area contributed by atoms with Gasteiger partial charge in [0.1, 0.15) is 22.1 Å². The second kappa shape index (κ2) is 4.92. The number of nitrogen functional groups attached to an aromatic ring is 1. The molecule has 7 heteroatoms. The molecule has 2 rings (SSSR count). The highest BCUT2D eigenvalue weighted by Gasteiger charge is 2.31. The van der Waals surface area contributed by atoms with Crippen LogP contribution in [0, 0.1) is 17.2 Å². The van der Waals surface area contributed by atoms with Crippen molar-refractivity contribution >= 4 is 33.3 Å². The average molecular weight is 310 g/mol. The van der Waals surface area contributed by atoms with Crippen LogP contribution in [0.1, 0.15) is 12.0 Å². The Morgan fingerprint density at radius 2 is 2.39 bits per heavy atom. The summed E-state index contributed by atoms with van der Waals surface area (Å²) in [4.78, 5) is 17.6. The summed E-state index contributed by atoms with van der Waals surface area (Å²) in [7, 11) is 0. The van der Waals surface area contributed by atoms with Crippen LogP contribution in [0.25, 0.3) is 0 Å². The molecule has 1 aromatic rings. The summed E-state index contributed by atoms with van der Waals surface area (Å²) in [6, 6.07) is 3.50. The Kier molecular flexibility index (Phi) is 3.50. The second-order valence-corrected chi connectivity index (χ2v) is 4.91. The smallest absolute Gasteiger partial charge is 0.228 e. The summed E-state index contributed by atoms with van der Waals surface area (Å²) in [6.07, 6.45) is 0.426. The minimum Gasteiger partial charge on any atom is -0.397 e. The minimum absolute atomic E-state index is 0.0195. The number of aromatic nitrogens is 1. The summed E-state index contributed by atoms with van der Waals surface area (Å²) in [5, 5.41) is 8.89. The third kappa shape index (κ3) is 2.17. The molecule has 4 N–H and O–H groups in total. The van der Waals surface area contributed by atoms with Gasteiger partial charge < -0.3 is 11.5 Å². The molecule has 1 aliphatic heterocycles. The van der Waals surface area contributed by atoms with Crippen LogP contribution >= 0.6 is 15.9 Å². The van der Waals surface area contributed by atoms with Crippen LogP contribution in [0.4, 0.5) is 11.5 Å². The largest absolute Gasteiger partial charge is 0.397 e. The predicted molar refractivity (Wildman–Crippen MR) is 70.6 cm³/mol. The van der Waals surface area contributed by atoms with Gasteiger partial charge in [-0.15, -0.1) is 0 Å². The van der Waals surface area contributed by atoms with Gasteiger partial charge in [-0.25, -0.2) is 4.98 Å². The number of carbonyl (C=O) groups excluding carboxylic acids is 1. The van der Waals surface area contributed by atoms with E-state index in [9.17, 15) is 4.79 Å². The van der Waals surface area contributed by atoms with E-state index in [0.29, 0.717) is 35.6 Å². The molecule has 0 bridgehead atoms. The molecule has 1 amide bonds. The average Bonchev–Trinajstić information content (AvgIpc) is 2.70. The normalized spacial score (nSPS) is 19.1. The SMILES string of the molecule is N#Cc1c(N)cc(N2CC(CN)CC2=O)nc1Br. The zero-order chi connectivity index (χ0) is 13.3. The van der Waals surface area contributed by atoms with Crippen LogP contribution in [-0.4, -0.2) is 24.0 Å². The zero-order valence-electron chi connectivity index (χ0n) is 9.56. The first-order valence-corrected chi connectivity index (χ1v) is 6.22. The van der Waals surface area contributed by atoms with E-state index >= 15 is 0 Å². The third-order valence-electron chi connectivity index (χ3n) is 2.92. The van der Waals surface area contributed by atoms with Crippen LogP contribution in [0.2, 0.25) is 0 Å². The first-order valence-electron chi connectivity index (χ1n) is 5.43. The van der Waals surface area contributed by atoms with Gasteiger partial charge in [-0.05, 0) is 28.4 Å². The molecular formula is C11H12BrN5O. The molecule has 94 valence electrons. The van der Waals surface area contributed by atoms with E-state index in [1.807, 2.05) is 6.07 Å². The Labute approximate surface area is 113 Å². The molecule has 0 spiro atoms. The van der Waals surface area contributed by atoms with Gasteiger partial charge in [0.25, 0.3) is 0 Å². The van der Waals surface area contributed by atoms with E-state index in [-0.39, 0.29) is 17.4 Å². The van der Waals surface area contributed by atoms with Crippen molar-refractivity contribution in [1.29, 1.82) is 5.26 Å². The molecule has 1 unspecified atom stereocenters. The van der Waals surface area contributed by atoms with E-state index in [0.717, 1.165) is 0 Å². The quantitative estimate of drug-likeness (QED) is 0.778. The van der Waals surface area contributed by atoms with Crippen LogP contribution in [0.3, 0.4) is 0 Å². The highest BCUT2D eigenvalue weighted by atomic mass is 79.9. The fraction of sp³-hybridized carbons (Fsp3) is 0.364. The number of carbonyl (C=O) groups is 1. The summed E-state index contributed by atoms with van der Waals surface area (Å²) >= 11 is 3.18. The molecule has 1 atom stereocenters.